The molecule has 0 unspecified atom stereocenters. The van der Waals surface area contributed by atoms with E-state index in [4.69, 9.17) is 9.47 Å². The standard InChI is InChI=1S/C14H18O4/c1-3-17-13(15)7-8-14(16)18-10-12-6-4-5-11(2)9-12/h4-6,9H,3,7-8,10H2,1-2H3. The van der Waals surface area contributed by atoms with Gasteiger partial charge in [0.05, 0.1) is 19.4 Å². The number of carbonyl (C=O) groups excluding carboxylic acids is 2. The highest BCUT2D eigenvalue weighted by Crippen LogP contribution is 2.06. The molecule has 0 amide bonds. The van der Waals surface area contributed by atoms with Gasteiger partial charge in [-0.15, -0.1) is 0 Å². The number of carbonyl (C=O) groups is 2. The van der Waals surface area contributed by atoms with Crippen LogP contribution in [0.4, 0.5) is 0 Å². The van der Waals surface area contributed by atoms with E-state index in [0.29, 0.717) is 6.61 Å². The molecular formula is C14H18O4. The molecule has 0 radical (unpaired) electrons. The number of hydrogen-bond acceptors (Lipinski definition) is 4. The Hall–Kier alpha value is -1.84. The van der Waals surface area contributed by atoms with Gasteiger partial charge in [-0.2, -0.15) is 0 Å². The Balaban J connectivity index is 2.27. The number of aryl methyl sites for hydroxylation is 1. The summed E-state index contributed by atoms with van der Waals surface area (Å²) in [5, 5.41) is 0. The number of ether oxygens (including phenoxy) is 2. The van der Waals surface area contributed by atoms with E-state index in [9.17, 15) is 9.59 Å². The van der Waals surface area contributed by atoms with E-state index in [2.05, 4.69) is 0 Å². The summed E-state index contributed by atoms with van der Waals surface area (Å²) in [6.45, 7) is 4.28. The maximum atomic E-state index is 11.4. The van der Waals surface area contributed by atoms with Crippen LogP contribution >= 0.6 is 0 Å². The third-order valence-corrected chi connectivity index (χ3v) is 2.32. The molecule has 0 aromatic heterocycles. The first-order valence-electron chi connectivity index (χ1n) is 5.98. The van der Waals surface area contributed by atoms with Crippen molar-refractivity contribution in [2.24, 2.45) is 0 Å². The Morgan fingerprint density at radius 3 is 2.39 bits per heavy atom. The van der Waals surface area contributed by atoms with E-state index < -0.39 is 0 Å². The van der Waals surface area contributed by atoms with Crippen LogP contribution in [0.2, 0.25) is 0 Å². The lowest BCUT2D eigenvalue weighted by Crippen LogP contribution is -2.10. The van der Waals surface area contributed by atoms with Crippen molar-refractivity contribution < 1.29 is 19.1 Å². The lowest BCUT2D eigenvalue weighted by Gasteiger charge is -2.05. The quantitative estimate of drug-likeness (QED) is 0.727. The Bertz CT molecular complexity index is 412. The molecule has 0 aliphatic carbocycles. The topological polar surface area (TPSA) is 52.6 Å². The van der Waals surface area contributed by atoms with E-state index >= 15 is 0 Å². The van der Waals surface area contributed by atoms with Crippen LogP contribution < -0.4 is 0 Å². The molecule has 0 atom stereocenters. The Kier molecular flexibility index (Phi) is 5.91. The molecule has 98 valence electrons. The summed E-state index contributed by atoms with van der Waals surface area (Å²) >= 11 is 0. The molecule has 0 saturated heterocycles. The Morgan fingerprint density at radius 2 is 1.78 bits per heavy atom. The van der Waals surface area contributed by atoms with Gasteiger partial charge in [-0.1, -0.05) is 29.8 Å². The third kappa shape index (κ3) is 5.48. The molecule has 4 heteroatoms. The molecule has 4 nitrogen and oxygen atoms in total. The Morgan fingerprint density at radius 1 is 1.11 bits per heavy atom. The van der Waals surface area contributed by atoms with Gasteiger partial charge < -0.3 is 9.47 Å². The summed E-state index contributed by atoms with van der Waals surface area (Å²) in [7, 11) is 0. The molecule has 0 heterocycles. The van der Waals surface area contributed by atoms with Crippen LogP contribution in [0.3, 0.4) is 0 Å². The summed E-state index contributed by atoms with van der Waals surface area (Å²) in [6, 6.07) is 7.74. The number of rotatable bonds is 6. The van der Waals surface area contributed by atoms with Crippen molar-refractivity contribution in [3.8, 4) is 0 Å². The maximum Gasteiger partial charge on any atom is 0.306 e. The average molecular weight is 250 g/mol. The van der Waals surface area contributed by atoms with Crippen LogP contribution in [-0.4, -0.2) is 18.5 Å². The minimum atomic E-state index is -0.385. The first-order valence-corrected chi connectivity index (χ1v) is 5.98. The van der Waals surface area contributed by atoms with E-state index in [1.807, 2.05) is 31.2 Å². The summed E-state index contributed by atoms with van der Waals surface area (Å²) in [6.07, 6.45) is 0.130. The molecule has 0 N–H and O–H groups in total. The summed E-state index contributed by atoms with van der Waals surface area (Å²) in [5.74, 6) is -0.755. The highest BCUT2D eigenvalue weighted by molar-refractivity contribution is 5.77. The lowest BCUT2D eigenvalue weighted by molar-refractivity contribution is -0.150. The lowest BCUT2D eigenvalue weighted by atomic mass is 10.1. The van der Waals surface area contributed by atoms with E-state index in [0.717, 1.165) is 11.1 Å². The molecule has 0 aliphatic heterocycles. The smallest absolute Gasteiger partial charge is 0.306 e. The zero-order valence-electron chi connectivity index (χ0n) is 10.8. The zero-order chi connectivity index (χ0) is 13.4. The van der Waals surface area contributed by atoms with Crippen molar-refractivity contribution in [3.63, 3.8) is 0 Å². The molecule has 0 aliphatic rings. The molecule has 1 rings (SSSR count). The summed E-state index contributed by atoms with van der Waals surface area (Å²) in [4.78, 5) is 22.4. The van der Waals surface area contributed by atoms with Crippen LogP contribution in [0.15, 0.2) is 24.3 Å². The van der Waals surface area contributed by atoms with Gasteiger partial charge in [0.25, 0.3) is 0 Å². The number of hydrogen-bond donors (Lipinski definition) is 0. The van der Waals surface area contributed by atoms with Gasteiger partial charge in [-0.3, -0.25) is 9.59 Å². The van der Waals surface area contributed by atoms with Crippen molar-refractivity contribution >= 4 is 11.9 Å². The predicted molar refractivity (Wildman–Crippen MR) is 66.8 cm³/mol. The second-order valence-corrected chi connectivity index (χ2v) is 3.95. The fraction of sp³-hybridized carbons (Fsp3) is 0.429. The fourth-order valence-corrected chi connectivity index (χ4v) is 1.48. The van der Waals surface area contributed by atoms with E-state index in [1.165, 1.54) is 0 Å². The van der Waals surface area contributed by atoms with Crippen molar-refractivity contribution in [2.75, 3.05) is 6.61 Å². The highest BCUT2D eigenvalue weighted by atomic mass is 16.5. The van der Waals surface area contributed by atoms with E-state index in [1.54, 1.807) is 6.92 Å². The van der Waals surface area contributed by atoms with Crippen LogP contribution in [-0.2, 0) is 25.7 Å². The van der Waals surface area contributed by atoms with Crippen LogP contribution in [0.1, 0.15) is 30.9 Å². The molecule has 1 aromatic carbocycles. The monoisotopic (exact) mass is 250 g/mol. The minimum Gasteiger partial charge on any atom is -0.466 e. The largest absolute Gasteiger partial charge is 0.466 e. The van der Waals surface area contributed by atoms with Gasteiger partial charge in [0.1, 0.15) is 6.61 Å². The first-order chi connectivity index (χ1) is 8.61. The third-order valence-electron chi connectivity index (χ3n) is 2.32. The van der Waals surface area contributed by atoms with Gasteiger partial charge in [0.2, 0.25) is 0 Å². The molecular weight excluding hydrogens is 232 g/mol. The second-order valence-electron chi connectivity index (χ2n) is 3.95. The van der Waals surface area contributed by atoms with Gasteiger partial charge in [-0.25, -0.2) is 0 Å². The van der Waals surface area contributed by atoms with Crippen molar-refractivity contribution in [3.05, 3.63) is 35.4 Å². The molecule has 0 fully saturated rings. The Labute approximate surface area is 107 Å². The zero-order valence-corrected chi connectivity index (χ0v) is 10.8. The summed E-state index contributed by atoms with van der Waals surface area (Å²) < 4.78 is 9.79. The van der Waals surface area contributed by atoms with Crippen LogP contribution in [0.5, 0.6) is 0 Å². The average Bonchev–Trinajstić information content (AvgIpc) is 2.34. The number of benzene rings is 1. The van der Waals surface area contributed by atoms with Gasteiger partial charge >= 0.3 is 11.9 Å². The molecule has 0 saturated carbocycles. The van der Waals surface area contributed by atoms with Crippen LogP contribution in [0, 0.1) is 6.92 Å². The minimum absolute atomic E-state index is 0.0602. The van der Waals surface area contributed by atoms with Gasteiger partial charge in [0.15, 0.2) is 0 Å². The fourth-order valence-electron chi connectivity index (χ4n) is 1.48. The maximum absolute atomic E-state index is 11.4. The van der Waals surface area contributed by atoms with Crippen LogP contribution in [0.25, 0.3) is 0 Å². The highest BCUT2D eigenvalue weighted by Gasteiger charge is 2.08. The second kappa shape index (κ2) is 7.48. The van der Waals surface area contributed by atoms with Gasteiger partial charge in [-0.05, 0) is 19.4 Å². The molecule has 1 aromatic rings. The van der Waals surface area contributed by atoms with Crippen molar-refractivity contribution in [2.45, 2.75) is 33.3 Å². The number of esters is 2. The van der Waals surface area contributed by atoms with E-state index in [-0.39, 0.29) is 31.4 Å². The molecule has 18 heavy (non-hydrogen) atoms. The normalized spacial score (nSPS) is 9.89. The first kappa shape index (κ1) is 14.2. The predicted octanol–water partition coefficient (Wildman–Crippen LogP) is 2.38. The molecule has 0 spiro atoms. The molecule has 0 bridgehead atoms. The van der Waals surface area contributed by atoms with Gasteiger partial charge in [0, 0.05) is 0 Å². The summed E-state index contributed by atoms with van der Waals surface area (Å²) in [5.41, 5.74) is 2.06. The van der Waals surface area contributed by atoms with Crippen molar-refractivity contribution in [1.82, 2.24) is 0 Å². The van der Waals surface area contributed by atoms with Crippen molar-refractivity contribution in [1.29, 1.82) is 0 Å². The SMILES string of the molecule is CCOC(=O)CCC(=O)OCc1cccc(C)c1.